The van der Waals surface area contributed by atoms with Crippen molar-refractivity contribution in [2.75, 3.05) is 23.3 Å². The molecule has 0 radical (unpaired) electrons. The van der Waals surface area contributed by atoms with Crippen LogP contribution in [0.25, 0.3) is 16.9 Å². The van der Waals surface area contributed by atoms with Crippen molar-refractivity contribution in [1.29, 1.82) is 0 Å². The van der Waals surface area contributed by atoms with E-state index >= 15 is 0 Å². The summed E-state index contributed by atoms with van der Waals surface area (Å²) in [7, 11) is 0. The van der Waals surface area contributed by atoms with Crippen LogP contribution in [0, 0.1) is 5.41 Å². The fraction of sp³-hybridized carbons (Fsp3) is 0.379. The van der Waals surface area contributed by atoms with Crippen molar-refractivity contribution in [3.05, 3.63) is 71.8 Å². The molecule has 3 aromatic heterocycles. The van der Waals surface area contributed by atoms with Gasteiger partial charge < -0.3 is 15.3 Å². The summed E-state index contributed by atoms with van der Waals surface area (Å²) in [6.07, 6.45) is 3.28. The van der Waals surface area contributed by atoms with Crippen molar-refractivity contribution in [2.24, 2.45) is 5.41 Å². The minimum atomic E-state index is -2.82. The largest absolute Gasteiger partial charge is 0.384 e. The fourth-order valence-corrected chi connectivity index (χ4v) is 6.21. The summed E-state index contributed by atoms with van der Waals surface area (Å²) in [5.74, 6) is 0.247. The Morgan fingerprint density at radius 1 is 1.02 bits per heavy atom. The van der Waals surface area contributed by atoms with Crippen molar-refractivity contribution in [1.82, 2.24) is 19.6 Å². The molecule has 8 nitrogen and oxygen atoms in total. The fourth-order valence-electron chi connectivity index (χ4n) is 6.21. The molecule has 212 valence electrons. The molecule has 1 aromatic carbocycles. The van der Waals surface area contributed by atoms with Gasteiger partial charge in [0.2, 0.25) is 0 Å². The molecular formula is C29H26F4N6O2. The van der Waals surface area contributed by atoms with E-state index < -0.39 is 24.4 Å². The summed E-state index contributed by atoms with van der Waals surface area (Å²) in [4.78, 5) is 24.1. The third kappa shape index (κ3) is 4.50. The van der Waals surface area contributed by atoms with Gasteiger partial charge in [-0.25, -0.2) is 32.0 Å². The lowest BCUT2D eigenvalue weighted by atomic mass is 9.55. The molecule has 1 aliphatic heterocycles. The zero-order valence-corrected chi connectivity index (χ0v) is 21.8. The third-order valence-electron chi connectivity index (χ3n) is 8.45. The molecule has 3 aliphatic rings. The lowest BCUT2D eigenvalue weighted by molar-refractivity contribution is -0.209. The molecule has 4 aromatic rings. The number of pyridine rings is 1. The number of aliphatic hydroxyl groups is 1. The average Bonchev–Trinajstić information content (AvgIpc) is 3.68. The summed E-state index contributed by atoms with van der Waals surface area (Å²) in [5, 5.41) is 16.8. The van der Waals surface area contributed by atoms with E-state index in [-0.39, 0.29) is 35.1 Å². The Morgan fingerprint density at radius 2 is 1.76 bits per heavy atom. The van der Waals surface area contributed by atoms with Crippen molar-refractivity contribution in [3.63, 3.8) is 0 Å². The molecule has 41 heavy (non-hydrogen) atoms. The predicted octanol–water partition coefficient (Wildman–Crippen LogP) is 5.46. The van der Waals surface area contributed by atoms with E-state index in [4.69, 9.17) is 0 Å². The minimum absolute atomic E-state index is 0.0472. The molecule has 4 heterocycles. The van der Waals surface area contributed by atoms with E-state index in [1.54, 1.807) is 30.7 Å². The predicted molar refractivity (Wildman–Crippen MR) is 142 cm³/mol. The van der Waals surface area contributed by atoms with Gasteiger partial charge in [-0.05, 0) is 55.4 Å². The van der Waals surface area contributed by atoms with Crippen LogP contribution < -0.4 is 10.2 Å². The van der Waals surface area contributed by atoms with Crippen molar-refractivity contribution in [3.8, 4) is 11.4 Å². The molecule has 2 aliphatic carbocycles. The molecular weight excluding hydrogens is 540 g/mol. The lowest BCUT2D eigenvalue weighted by Crippen LogP contribution is -2.70. The van der Waals surface area contributed by atoms with Crippen molar-refractivity contribution >= 4 is 22.8 Å². The first-order valence-electron chi connectivity index (χ1n) is 13.4. The maximum Gasteiger partial charge on any atom is 0.266 e. The number of carbonyl (C=O) groups excluding carboxylic acids is 1. The van der Waals surface area contributed by atoms with Crippen LogP contribution in [-0.4, -0.2) is 55.7 Å². The molecule has 1 spiro atoms. The monoisotopic (exact) mass is 566 g/mol. The first kappa shape index (κ1) is 25.9. The van der Waals surface area contributed by atoms with Gasteiger partial charge in [0.15, 0.2) is 5.82 Å². The number of rotatable bonds is 7. The Bertz CT molecular complexity index is 1640. The Hall–Kier alpha value is -4.06. The van der Waals surface area contributed by atoms with Crippen LogP contribution in [0.2, 0.25) is 0 Å². The number of nitrogens with zero attached hydrogens (tertiary/aromatic N) is 5. The van der Waals surface area contributed by atoms with Crippen LogP contribution in [0.1, 0.15) is 59.5 Å². The SMILES string of the molecule is O=C(Nc1cc(-c2ncc(C3CC3)cn2)ccc1C(F)F)c1cnn2ccc(N3CC4(C3)CC(O)(C(F)F)C4)cc12. The van der Waals surface area contributed by atoms with Crippen LogP contribution >= 0.6 is 0 Å². The van der Waals surface area contributed by atoms with E-state index in [2.05, 4.69) is 20.4 Å². The van der Waals surface area contributed by atoms with Gasteiger partial charge in [0.05, 0.1) is 23.0 Å². The Labute approximate surface area is 232 Å². The molecule has 1 saturated heterocycles. The second-order valence-corrected chi connectivity index (χ2v) is 11.6. The smallest absolute Gasteiger partial charge is 0.266 e. The molecule has 2 saturated carbocycles. The second-order valence-electron chi connectivity index (χ2n) is 11.6. The van der Waals surface area contributed by atoms with Crippen molar-refractivity contribution < 1.29 is 27.5 Å². The maximum absolute atomic E-state index is 13.9. The summed E-state index contributed by atoms with van der Waals surface area (Å²) in [6, 6.07) is 7.78. The highest BCUT2D eigenvalue weighted by molar-refractivity contribution is 6.09. The van der Waals surface area contributed by atoms with Gasteiger partial charge >= 0.3 is 0 Å². The van der Waals surface area contributed by atoms with Gasteiger partial charge in [-0.1, -0.05) is 12.1 Å². The first-order chi connectivity index (χ1) is 19.6. The third-order valence-corrected chi connectivity index (χ3v) is 8.45. The van der Waals surface area contributed by atoms with Crippen LogP contribution in [0.3, 0.4) is 0 Å². The standard InChI is InChI=1S/C29H26F4N6O2/c30-24(31)20-4-3-17(25-34-9-18(10-35-25)16-1-2-16)7-22(20)37-26(40)21-11-36-39-6-5-19(8-23(21)39)38-14-28(15-38)12-29(41,13-28)27(32)33/h3-11,16,24,27,41H,1-2,12-15H2,(H,37,40). The number of hydrogen-bond donors (Lipinski definition) is 2. The average molecular weight is 567 g/mol. The number of halogens is 4. The molecule has 3 fully saturated rings. The molecule has 0 atom stereocenters. The number of fused-ring (bicyclic) bond motifs is 1. The first-order valence-corrected chi connectivity index (χ1v) is 13.4. The van der Waals surface area contributed by atoms with E-state index in [9.17, 15) is 27.5 Å². The van der Waals surface area contributed by atoms with Crippen LogP contribution in [0.15, 0.2) is 55.1 Å². The van der Waals surface area contributed by atoms with Gasteiger partial charge in [-0.2, -0.15) is 5.10 Å². The molecule has 7 rings (SSSR count). The molecule has 0 unspecified atom stereocenters. The highest BCUT2D eigenvalue weighted by Gasteiger charge is 2.63. The quantitative estimate of drug-likeness (QED) is 0.289. The zero-order valence-electron chi connectivity index (χ0n) is 21.8. The minimum Gasteiger partial charge on any atom is -0.384 e. The number of aromatic nitrogens is 4. The Kier molecular flexibility index (Phi) is 5.83. The van der Waals surface area contributed by atoms with Crippen molar-refractivity contribution in [2.45, 2.75) is 50.1 Å². The number of carbonyl (C=O) groups is 1. The van der Waals surface area contributed by atoms with E-state index in [0.29, 0.717) is 35.9 Å². The number of amides is 1. The number of nitrogens with one attached hydrogen (secondary N) is 1. The van der Waals surface area contributed by atoms with Crippen LogP contribution in [-0.2, 0) is 0 Å². The Morgan fingerprint density at radius 3 is 2.41 bits per heavy atom. The topological polar surface area (TPSA) is 95.7 Å². The van der Waals surface area contributed by atoms with Gasteiger partial charge in [-0.3, -0.25) is 4.79 Å². The highest BCUT2D eigenvalue weighted by Crippen LogP contribution is 2.57. The lowest BCUT2D eigenvalue weighted by Gasteiger charge is -2.62. The van der Waals surface area contributed by atoms with E-state index in [1.807, 2.05) is 4.90 Å². The summed E-state index contributed by atoms with van der Waals surface area (Å²) >= 11 is 0. The number of anilines is 2. The normalized spacial score (nSPS) is 19.0. The Balaban J connectivity index is 1.11. The molecule has 0 bridgehead atoms. The summed E-state index contributed by atoms with van der Waals surface area (Å²) in [5.41, 5.74) is 0.348. The van der Waals surface area contributed by atoms with Gasteiger partial charge in [0.1, 0.15) is 5.60 Å². The zero-order chi connectivity index (χ0) is 28.5. The van der Waals surface area contributed by atoms with Crippen LogP contribution in [0.4, 0.5) is 28.9 Å². The summed E-state index contributed by atoms with van der Waals surface area (Å²) in [6.45, 7) is 1.03. The summed E-state index contributed by atoms with van der Waals surface area (Å²) < 4.78 is 55.4. The molecule has 2 N–H and O–H groups in total. The molecule has 12 heteroatoms. The van der Waals surface area contributed by atoms with E-state index in [1.165, 1.54) is 28.9 Å². The van der Waals surface area contributed by atoms with Crippen LogP contribution in [0.5, 0.6) is 0 Å². The molecule has 1 amide bonds. The highest BCUT2D eigenvalue weighted by atomic mass is 19.3. The number of alkyl halides is 4. The number of hydrogen-bond acceptors (Lipinski definition) is 6. The second kappa shape index (κ2) is 9.23. The van der Waals surface area contributed by atoms with E-state index in [0.717, 1.165) is 24.1 Å². The van der Waals surface area contributed by atoms with Gasteiger partial charge in [0.25, 0.3) is 18.8 Å². The van der Waals surface area contributed by atoms with Gasteiger partial charge in [0, 0.05) is 53.9 Å². The maximum atomic E-state index is 13.9. The number of benzene rings is 1. The van der Waals surface area contributed by atoms with Gasteiger partial charge in [-0.15, -0.1) is 0 Å².